The summed E-state index contributed by atoms with van der Waals surface area (Å²) in [6.45, 7) is 0.548. The van der Waals surface area contributed by atoms with Gasteiger partial charge in [0.25, 0.3) is 0 Å². The fourth-order valence-electron chi connectivity index (χ4n) is 2.07. The van der Waals surface area contributed by atoms with E-state index < -0.39 is 0 Å². The number of nitrogens with zero attached hydrogens (tertiary/aromatic N) is 4. The van der Waals surface area contributed by atoms with Crippen LogP contribution in [0.15, 0.2) is 61.2 Å². The SMILES string of the molecule is O=C(NCCc1cccnc1)Nc1ccc(-n2nccn2)cc1. The van der Waals surface area contributed by atoms with Crippen molar-refractivity contribution in [3.8, 4) is 5.69 Å². The topological polar surface area (TPSA) is 84.7 Å². The fraction of sp³-hybridized carbons (Fsp3) is 0.125. The second kappa shape index (κ2) is 7.17. The molecule has 3 aromatic rings. The molecule has 0 atom stereocenters. The number of hydrogen-bond acceptors (Lipinski definition) is 4. The first-order chi connectivity index (χ1) is 11.3. The van der Waals surface area contributed by atoms with E-state index in [9.17, 15) is 4.79 Å². The molecule has 0 aliphatic rings. The predicted molar refractivity (Wildman–Crippen MR) is 86.3 cm³/mol. The van der Waals surface area contributed by atoms with Crippen LogP contribution in [-0.4, -0.2) is 32.6 Å². The zero-order valence-electron chi connectivity index (χ0n) is 12.4. The van der Waals surface area contributed by atoms with Crippen molar-refractivity contribution < 1.29 is 4.79 Å². The maximum absolute atomic E-state index is 11.8. The highest BCUT2D eigenvalue weighted by Gasteiger charge is 2.03. The number of carbonyl (C=O) groups excluding carboxylic acids is 1. The number of benzene rings is 1. The van der Waals surface area contributed by atoms with E-state index in [1.165, 1.54) is 4.80 Å². The van der Waals surface area contributed by atoms with Crippen molar-refractivity contribution in [2.75, 3.05) is 11.9 Å². The smallest absolute Gasteiger partial charge is 0.319 e. The van der Waals surface area contributed by atoms with E-state index >= 15 is 0 Å². The Morgan fingerprint density at radius 2 is 1.83 bits per heavy atom. The van der Waals surface area contributed by atoms with Crippen molar-refractivity contribution in [3.63, 3.8) is 0 Å². The van der Waals surface area contributed by atoms with Gasteiger partial charge in [0, 0.05) is 24.6 Å². The molecule has 3 rings (SSSR count). The molecule has 0 aliphatic heterocycles. The first kappa shape index (κ1) is 14.7. The Morgan fingerprint density at radius 1 is 1.04 bits per heavy atom. The van der Waals surface area contributed by atoms with Crippen LogP contribution in [0.1, 0.15) is 5.56 Å². The van der Waals surface area contributed by atoms with E-state index in [1.54, 1.807) is 36.9 Å². The minimum absolute atomic E-state index is 0.237. The lowest BCUT2D eigenvalue weighted by atomic mass is 10.2. The zero-order valence-corrected chi connectivity index (χ0v) is 12.4. The van der Waals surface area contributed by atoms with Crippen molar-refractivity contribution in [3.05, 3.63) is 66.7 Å². The van der Waals surface area contributed by atoms with Crippen molar-refractivity contribution in [2.24, 2.45) is 0 Å². The van der Waals surface area contributed by atoms with Crippen LogP contribution in [0.5, 0.6) is 0 Å². The van der Waals surface area contributed by atoms with Crippen LogP contribution in [0.4, 0.5) is 10.5 Å². The van der Waals surface area contributed by atoms with E-state index in [1.807, 2.05) is 24.3 Å². The molecule has 0 saturated carbocycles. The van der Waals surface area contributed by atoms with Gasteiger partial charge in [0.1, 0.15) is 0 Å². The van der Waals surface area contributed by atoms with Gasteiger partial charge in [0.05, 0.1) is 18.1 Å². The van der Waals surface area contributed by atoms with Crippen LogP contribution in [0, 0.1) is 0 Å². The number of anilines is 1. The van der Waals surface area contributed by atoms with E-state index in [0.29, 0.717) is 12.2 Å². The summed E-state index contributed by atoms with van der Waals surface area (Å²) in [7, 11) is 0. The number of hydrogen-bond donors (Lipinski definition) is 2. The Balaban J connectivity index is 1.48. The summed E-state index contributed by atoms with van der Waals surface area (Å²) in [6, 6.07) is 10.9. The highest BCUT2D eigenvalue weighted by molar-refractivity contribution is 5.89. The Bertz CT molecular complexity index is 740. The molecule has 0 unspecified atom stereocenters. The number of pyridine rings is 1. The fourth-order valence-corrected chi connectivity index (χ4v) is 2.07. The van der Waals surface area contributed by atoms with Crippen LogP contribution in [0.2, 0.25) is 0 Å². The average Bonchev–Trinajstić information content (AvgIpc) is 3.11. The minimum atomic E-state index is -0.237. The summed E-state index contributed by atoms with van der Waals surface area (Å²) in [5.41, 5.74) is 2.63. The van der Waals surface area contributed by atoms with Gasteiger partial charge in [0.15, 0.2) is 0 Å². The maximum Gasteiger partial charge on any atom is 0.319 e. The van der Waals surface area contributed by atoms with Gasteiger partial charge >= 0.3 is 6.03 Å². The third-order valence-corrected chi connectivity index (χ3v) is 3.20. The van der Waals surface area contributed by atoms with Gasteiger partial charge in [-0.05, 0) is 42.3 Å². The molecule has 7 heteroatoms. The summed E-state index contributed by atoms with van der Waals surface area (Å²) in [5.74, 6) is 0. The number of aromatic nitrogens is 4. The lowest BCUT2D eigenvalue weighted by Gasteiger charge is -2.08. The van der Waals surface area contributed by atoms with Gasteiger partial charge in [-0.3, -0.25) is 4.98 Å². The van der Waals surface area contributed by atoms with Crippen molar-refractivity contribution in [1.29, 1.82) is 0 Å². The standard InChI is InChI=1S/C16H16N6O/c23-16(18-9-7-13-2-1-8-17-12-13)21-14-3-5-15(6-4-14)22-19-10-11-20-22/h1-6,8,10-12H,7,9H2,(H2,18,21,23). The average molecular weight is 308 g/mol. The monoisotopic (exact) mass is 308 g/mol. The largest absolute Gasteiger partial charge is 0.338 e. The molecule has 2 heterocycles. The molecule has 23 heavy (non-hydrogen) atoms. The molecule has 116 valence electrons. The quantitative estimate of drug-likeness (QED) is 0.755. The Hall–Kier alpha value is -3.22. The molecule has 2 N–H and O–H groups in total. The van der Waals surface area contributed by atoms with Gasteiger partial charge in [-0.15, -0.1) is 0 Å². The normalized spacial score (nSPS) is 10.3. The Labute approximate surface area is 133 Å². The van der Waals surface area contributed by atoms with Gasteiger partial charge in [-0.25, -0.2) is 4.79 Å². The Kier molecular flexibility index (Phi) is 4.58. The van der Waals surface area contributed by atoms with Crippen molar-refractivity contribution in [2.45, 2.75) is 6.42 Å². The van der Waals surface area contributed by atoms with Crippen LogP contribution >= 0.6 is 0 Å². The van der Waals surface area contributed by atoms with E-state index in [0.717, 1.165) is 17.7 Å². The summed E-state index contributed by atoms with van der Waals surface area (Å²) in [4.78, 5) is 17.4. The molecule has 0 saturated heterocycles. The maximum atomic E-state index is 11.8. The first-order valence-corrected chi connectivity index (χ1v) is 7.22. The highest BCUT2D eigenvalue weighted by Crippen LogP contribution is 2.11. The molecule has 0 spiro atoms. The third kappa shape index (κ3) is 4.13. The minimum Gasteiger partial charge on any atom is -0.338 e. The second-order valence-corrected chi connectivity index (χ2v) is 4.86. The van der Waals surface area contributed by atoms with Crippen LogP contribution in [-0.2, 0) is 6.42 Å². The van der Waals surface area contributed by atoms with Crippen molar-refractivity contribution in [1.82, 2.24) is 25.3 Å². The summed E-state index contributed by atoms with van der Waals surface area (Å²) in [5, 5.41) is 13.7. The number of nitrogens with one attached hydrogen (secondary N) is 2. The molecule has 2 amide bonds. The molecule has 1 aromatic carbocycles. The van der Waals surface area contributed by atoms with Crippen LogP contribution < -0.4 is 10.6 Å². The van der Waals surface area contributed by atoms with Gasteiger partial charge in [-0.2, -0.15) is 15.0 Å². The van der Waals surface area contributed by atoms with E-state index in [-0.39, 0.29) is 6.03 Å². The molecule has 7 nitrogen and oxygen atoms in total. The van der Waals surface area contributed by atoms with Gasteiger partial charge < -0.3 is 10.6 Å². The number of urea groups is 1. The molecule has 0 fully saturated rings. The third-order valence-electron chi connectivity index (χ3n) is 3.20. The Morgan fingerprint density at radius 3 is 2.52 bits per heavy atom. The van der Waals surface area contributed by atoms with Gasteiger partial charge in [-0.1, -0.05) is 6.07 Å². The highest BCUT2D eigenvalue weighted by atomic mass is 16.2. The summed E-state index contributed by atoms with van der Waals surface area (Å²) >= 11 is 0. The molecule has 0 bridgehead atoms. The van der Waals surface area contributed by atoms with E-state index in [2.05, 4.69) is 25.8 Å². The van der Waals surface area contributed by atoms with Crippen LogP contribution in [0.3, 0.4) is 0 Å². The number of amides is 2. The summed E-state index contributed by atoms with van der Waals surface area (Å²) in [6.07, 6.45) is 7.49. The number of rotatable bonds is 5. The van der Waals surface area contributed by atoms with Gasteiger partial charge in [0.2, 0.25) is 0 Å². The lowest BCUT2D eigenvalue weighted by Crippen LogP contribution is -2.30. The van der Waals surface area contributed by atoms with Crippen LogP contribution in [0.25, 0.3) is 5.69 Å². The molecule has 0 radical (unpaired) electrons. The second-order valence-electron chi connectivity index (χ2n) is 4.86. The van der Waals surface area contributed by atoms with Crippen molar-refractivity contribution >= 4 is 11.7 Å². The lowest BCUT2D eigenvalue weighted by molar-refractivity contribution is 0.252. The molecular formula is C16H16N6O. The van der Waals surface area contributed by atoms with E-state index in [4.69, 9.17) is 0 Å². The zero-order chi connectivity index (χ0) is 15.9. The predicted octanol–water partition coefficient (Wildman–Crippen LogP) is 2.03. The number of carbonyl (C=O) groups is 1. The molecule has 0 aliphatic carbocycles. The summed E-state index contributed by atoms with van der Waals surface area (Å²) < 4.78 is 0. The first-order valence-electron chi connectivity index (χ1n) is 7.22. The molecule has 2 aromatic heterocycles. The molecular weight excluding hydrogens is 292 g/mol.